The summed E-state index contributed by atoms with van der Waals surface area (Å²) in [4.78, 5) is 17.0. The maximum Gasteiger partial charge on any atom is 0.221 e. The van der Waals surface area contributed by atoms with Gasteiger partial charge in [-0.25, -0.2) is 4.98 Å². The van der Waals surface area contributed by atoms with Gasteiger partial charge in [0.05, 0.1) is 17.9 Å². The smallest absolute Gasteiger partial charge is 0.221 e. The number of imidazole rings is 1. The van der Waals surface area contributed by atoms with E-state index in [0.29, 0.717) is 13.0 Å². The second kappa shape index (κ2) is 5.64. The van der Waals surface area contributed by atoms with E-state index in [1.807, 2.05) is 24.3 Å². The zero-order valence-electron chi connectivity index (χ0n) is 13.6. The van der Waals surface area contributed by atoms with E-state index in [4.69, 9.17) is 4.98 Å². The number of pyridine rings is 1. The monoisotopic (exact) mass is 317 g/mol. The van der Waals surface area contributed by atoms with Gasteiger partial charge in [-0.15, -0.1) is 0 Å². The van der Waals surface area contributed by atoms with Crippen molar-refractivity contribution in [2.45, 2.75) is 25.8 Å². The maximum absolute atomic E-state index is 12.2. The molecular formula is C20H19N3O. The number of carbonyl (C=O) groups is 1. The molecule has 2 aromatic heterocycles. The maximum atomic E-state index is 12.2. The van der Waals surface area contributed by atoms with Gasteiger partial charge in [-0.1, -0.05) is 43.0 Å². The number of nitrogens with one attached hydrogen (secondary N) is 1. The quantitative estimate of drug-likeness (QED) is 0.787. The van der Waals surface area contributed by atoms with Crippen LogP contribution in [0.2, 0.25) is 0 Å². The molecule has 4 nitrogen and oxygen atoms in total. The number of nitrogens with zero attached hydrogens (tertiary/aromatic N) is 2. The fourth-order valence-electron chi connectivity index (χ4n) is 3.43. The Morgan fingerprint density at radius 2 is 2.21 bits per heavy atom. The molecule has 4 rings (SSSR count). The van der Waals surface area contributed by atoms with Crippen LogP contribution in [0.1, 0.15) is 40.4 Å². The minimum Gasteiger partial charge on any atom is -0.350 e. The molecule has 1 aromatic carbocycles. The lowest BCUT2D eigenvalue weighted by Gasteiger charge is -2.16. The summed E-state index contributed by atoms with van der Waals surface area (Å²) in [6.45, 7) is 6.40. The largest absolute Gasteiger partial charge is 0.350 e. The second-order valence-corrected chi connectivity index (χ2v) is 6.29. The van der Waals surface area contributed by atoms with Crippen LogP contribution in [-0.2, 0) is 11.3 Å². The van der Waals surface area contributed by atoms with Crippen molar-refractivity contribution in [1.82, 2.24) is 14.7 Å². The third kappa shape index (κ3) is 2.40. The van der Waals surface area contributed by atoms with Gasteiger partial charge in [-0.05, 0) is 29.7 Å². The van der Waals surface area contributed by atoms with Crippen LogP contribution in [0, 0.1) is 6.92 Å². The average molecular weight is 317 g/mol. The molecule has 0 bridgehead atoms. The molecule has 3 heterocycles. The minimum atomic E-state index is -0.0146. The lowest BCUT2D eigenvalue weighted by Crippen LogP contribution is -2.21. The molecule has 1 amide bonds. The Morgan fingerprint density at radius 3 is 3.04 bits per heavy atom. The molecule has 0 aliphatic carbocycles. The molecule has 0 unspecified atom stereocenters. The first kappa shape index (κ1) is 14.7. The number of carbonyl (C=O) groups excluding carboxylic acids is 1. The van der Waals surface area contributed by atoms with Crippen LogP contribution in [0.15, 0.2) is 49.2 Å². The van der Waals surface area contributed by atoms with Gasteiger partial charge in [0.15, 0.2) is 0 Å². The van der Waals surface area contributed by atoms with Gasteiger partial charge in [0.1, 0.15) is 5.65 Å². The molecule has 0 saturated heterocycles. The van der Waals surface area contributed by atoms with E-state index in [9.17, 15) is 4.79 Å². The molecule has 1 aliphatic rings. The predicted molar refractivity (Wildman–Crippen MR) is 94.8 cm³/mol. The zero-order chi connectivity index (χ0) is 16.7. The Hall–Kier alpha value is -2.88. The summed E-state index contributed by atoms with van der Waals surface area (Å²) in [6.07, 6.45) is 4.36. The Bertz CT molecular complexity index is 955. The molecule has 3 aromatic rings. The van der Waals surface area contributed by atoms with Crippen LogP contribution >= 0.6 is 0 Å². The van der Waals surface area contributed by atoms with Crippen molar-refractivity contribution in [2.24, 2.45) is 0 Å². The van der Waals surface area contributed by atoms with E-state index in [1.165, 1.54) is 5.56 Å². The summed E-state index contributed by atoms with van der Waals surface area (Å²) >= 11 is 0. The standard InChI is InChI=1S/C20H19N3O/c1-3-14-5-4-6-15(9-14)16-10-19(24)21-11-17-20(16)23-12-13(2)7-8-18(23)22-17/h3-9,12,16H,1,10-11H2,2H3,(H,21,24)/t16-/m0/s1. The van der Waals surface area contributed by atoms with Gasteiger partial charge in [0.2, 0.25) is 5.91 Å². The van der Waals surface area contributed by atoms with Gasteiger partial charge in [0.25, 0.3) is 0 Å². The van der Waals surface area contributed by atoms with E-state index in [1.54, 1.807) is 0 Å². The third-order valence-electron chi connectivity index (χ3n) is 4.60. The average Bonchev–Trinajstić information content (AvgIpc) is 2.86. The van der Waals surface area contributed by atoms with Crippen LogP contribution < -0.4 is 5.32 Å². The highest BCUT2D eigenvalue weighted by molar-refractivity contribution is 5.78. The highest BCUT2D eigenvalue weighted by Gasteiger charge is 2.28. The van der Waals surface area contributed by atoms with Crippen LogP contribution in [-0.4, -0.2) is 15.3 Å². The number of rotatable bonds is 2. The lowest BCUT2D eigenvalue weighted by molar-refractivity contribution is -0.121. The molecule has 0 spiro atoms. The van der Waals surface area contributed by atoms with Crippen molar-refractivity contribution in [3.63, 3.8) is 0 Å². The molecule has 1 aliphatic heterocycles. The number of aryl methyl sites for hydroxylation is 1. The van der Waals surface area contributed by atoms with Crippen molar-refractivity contribution in [3.05, 3.63) is 77.3 Å². The summed E-state index contributed by atoms with van der Waals surface area (Å²) in [5.41, 5.74) is 6.32. The summed E-state index contributed by atoms with van der Waals surface area (Å²) in [6, 6.07) is 12.3. The fourth-order valence-corrected chi connectivity index (χ4v) is 3.43. The Balaban J connectivity index is 1.96. The van der Waals surface area contributed by atoms with E-state index < -0.39 is 0 Å². The first-order valence-corrected chi connectivity index (χ1v) is 8.12. The van der Waals surface area contributed by atoms with Gasteiger partial charge >= 0.3 is 0 Å². The molecule has 0 radical (unpaired) electrons. The highest BCUT2D eigenvalue weighted by atomic mass is 16.1. The Labute approximate surface area is 140 Å². The van der Waals surface area contributed by atoms with E-state index in [2.05, 4.69) is 47.6 Å². The summed E-state index contributed by atoms with van der Waals surface area (Å²) in [5.74, 6) is 0.0441. The number of hydrogen-bond donors (Lipinski definition) is 1. The number of benzene rings is 1. The van der Waals surface area contributed by atoms with E-state index in [0.717, 1.165) is 28.2 Å². The van der Waals surface area contributed by atoms with Gasteiger partial charge in [-0.3, -0.25) is 4.79 Å². The normalized spacial score (nSPS) is 17.2. The van der Waals surface area contributed by atoms with Gasteiger partial charge in [0, 0.05) is 18.5 Å². The van der Waals surface area contributed by atoms with Gasteiger partial charge < -0.3 is 9.72 Å². The van der Waals surface area contributed by atoms with Gasteiger partial charge in [-0.2, -0.15) is 0 Å². The molecule has 1 N–H and O–H groups in total. The number of amides is 1. The minimum absolute atomic E-state index is 0.0146. The predicted octanol–water partition coefficient (Wildman–Crippen LogP) is 3.44. The fraction of sp³-hybridized carbons (Fsp3) is 0.200. The Kier molecular flexibility index (Phi) is 3.45. The summed E-state index contributed by atoms with van der Waals surface area (Å²) < 4.78 is 2.14. The summed E-state index contributed by atoms with van der Waals surface area (Å²) in [5, 5.41) is 2.97. The lowest BCUT2D eigenvalue weighted by atomic mass is 9.90. The van der Waals surface area contributed by atoms with Crippen molar-refractivity contribution < 1.29 is 4.79 Å². The second-order valence-electron chi connectivity index (χ2n) is 6.29. The first-order valence-electron chi connectivity index (χ1n) is 8.12. The van der Waals surface area contributed by atoms with Crippen molar-refractivity contribution in [3.8, 4) is 0 Å². The van der Waals surface area contributed by atoms with Crippen molar-refractivity contribution >= 4 is 17.6 Å². The zero-order valence-corrected chi connectivity index (χ0v) is 13.6. The molecule has 4 heteroatoms. The molecule has 120 valence electrons. The third-order valence-corrected chi connectivity index (χ3v) is 4.60. The van der Waals surface area contributed by atoms with E-state index >= 15 is 0 Å². The van der Waals surface area contributed by atoms with Crippen LogP contribution in [0.25, 0.3) is 11.7 Å². The number of hydrogen-bond acceptors (Lipinski definition) is 2. The SMILES string of the molecule is C=Cc1cccc([C@@H]2CC(=O)NCc3nc4ccc(C)cn4c32)c1. The highest BCUT2D eigenvalue weighted by Crippen LogP contribution is 2.33. The molecule has 24 heavy (non-hydrogen) atoms. The first-order chi connectivity index (χ1) is 11.7. The van der Waals surface area contributed by atoms with Crippen molar-refractivity contribution in [2.75, 3.05) is 0 Å². The molecule has 1 atom stereocenters. The number of fused-ring (bicyclic) bond motifs is 3. The molecular weight excluding hydrogens is 298 g/mol. The Morgan fingerprint density at radius 1 is 1.33 bits per heavy atom. The summed E-state index contributed by atoms with van der Waals surface area (Å²) in [7, 11) is 0. The number of aromatic nitrogens is 2. The van der Waals surface area contributed by atoms with Crippen LogP contribution in [0.5, 0.6) is 0 Å². The van der Waals surface area contributed by atoms with Crippen molar-refractivity contribution in [1.29, 1.82) is 0 Å². The van der Waals surface area contributed by atoms with E-state index in [-0.39, 0.29) is 11.8 Å². The van der Waals surface area contributed by atoms with Crippen LogP contribution in [0.4, 0.5) is 0 Å². The molecule has 0 fully saturated rings. The topological polar surface area (TPSA) is 46.4 Å². The molecule has 0 saturated carbocycles. The van der Waals surface area contributed by atoms with Crippen LogP contribution in [0.3, 0.4) is 0 Å².